The van der Waals surface area contributed by atoms with Gasteiger partial charge >= 0.3 is 0 Å². The number of sulfonamides is 1. The van der Waals surface area contributed by atoms with Gasteiger partial charge < -0.3 is 4.74 Å². The Morgan fingerprint density at radius 1 is 1.30 bits per heavy atom. The van der Waals surface area contributed by atoms with E-state index < -0.39 is 10.0 Å². The van der Waals surface area contributed by atoms with Gasteiger partial charge in [-0.15, -0.1) is 0 Å². The third-order valence-corrected chi connectivity index (χ3v) is 4.86. The van der Waals surface area contributed by atoms with Crippen LogP contribution in [0.3, 0.4) is 0 Å². The molecule has 1 heterocycles. The molecule has 2 aromatic rings. The summed E-state index contributed by atoms with van der Waals surface area (Å²) in [7, 11) is -3.75. The van der Waals surface area contributed by atoms with Crippen LogP contribution in [-0.4, -0.2) is 20.0 Å². The van der Waals surface area contributed by atoms with Gasteiger partial charge in [0.2, 0.25) is 0 Å². The molecule has 124 valence electrons. The van der Waals surface area contributed by atoms with Crippen LogP contribution in [0, 0.1) is 6.92 Å². The highest BCUT2D eigenvalue weighted by molar-refractivity contribution is 7.92. The normalized spacial score (nSPS) is 11.5. The average molecular weight is 334 g/mol. The molecule has 0 fully saturated rings. The molecule has 0 spiro atoms. The number of aromatic nitrogens is 1. The quantitative estimate of drug-likeness (QED) is 0.874. The zero-order valence-corrected chi connectivity index (χ0v) is 14.6. The highest BCUT2D eigenvalue weighted by Gasteiger charge is 2.22. The van der Waals surface area contributed by atoms with Gasteiger partial charge in [-0.1, -0.05) is 13.8 Å². The molecular weight excluding hydrogens is 312 g/mol. The maximum Gasteiger partial charge on any atom is 0.265 e. The molecule has 0 unspecified atom stereocenters. The van der Waals surface area contributed by atoms with Gasteiger partial charge in [-0.25, -0.2) is 8.42 Å². The van der Waals surface area contributed by atoms with E-state index in [0.29, 0.717) is 18.0 Å². The van der Waals surface area contributed by atoms with Gasteiger partial charge in [0.15, 0.2) is 0 Å². The molecule has 5 nitrogen and oxygen atoms in total. The van der Waals surface area contributed by atoms with Crippen molar-refractivity contribution in [2.75, 3.05) is 11.3 Å². The minimum Gasteiger partial charge on any atom is -0.492 e. The minimum atomic E-state index is -3.75. The first-order valence-corrected chi connectivity index (χ1v) is 9.03. The van der Waals surface area contributed by atoms with E-state index in [-0.39, 0.29) is 10.8 Å². The van der Waals surface area contributed by atoms with Crippen LogP contribution in [0.1, 0.15) is 37.8 Å². The molecule has 0 bridgehead atoms. The molecule has 1 aromatic heterocycles. The van der Waals surface area contributed by atoms with Gasteiger partial charge in [0, 0.05) is 6.20 Å². The van der Waals surface area contributed by atoms with E-state index in [4.69, 9.17) is 4.74 Å². The number of hydrogen-bond donors (Lipinski definition) is 1. The van der Waals surface area contributed by atoms with Gasteiger partial charge in [0.25, 0.3) is 10.0 Å². The lowest BCUT2D eigenvalue weighted by Gasteiger charge is -2.17. The number of pyridine rings is 1. The molecule has 1 aromatic carbocycles. The van der Waals surface area contributed by atoms with E-state index in [1.165, 1.54) is 6.20 Å². The van der Waals surface area contributed by atoms with Crippen LogP contribution in [-0.2, 0) is 10.0 Å². The SMILES string of the molecule is CCOc1cc(C)c(C(C)C)cc1S(=O)(=O)Nc1cccnc1. The maximum absolute atomic E-state index is 12.8. The zero-order valence-electron chi connectivity index (χ0n) is 13.8. The Bertz CT molecular complexity index is 772. The minimum absolute atomic E-state index is 0.150. The Morgan fingerprint density at radius 3 is 2.61 bits per heavy atom. The number of benzene rings is 1. The highest BCUT2D eigenvalue weighted by Crippen LogP contribution is 2.32. The fourth-order valence-electron chi connectivity index (χ4n) is 2.41. The third kappa shape index (κ3) is 4.01. The predicted molar refractivity (Wildman–Crippen MR) is 91.5 cm³/mol. The molecule has 1 N–H and O–H groups in total. The lowest BCUT2D eigenvalue weighted by Crippen LogP contribution is -2.15. The van der Waals surface area contributed by atoms with Gasteiger partial charge in [0.05, 0.1) is 18.5 Å². The molecule has 0 saturated carbocycles. The Morgan fingerprint density at radius 2 is 2.04 bits per heavy atom. The topological polar surface area (TPSA) is 68.3 Å². The third-order valence-electron chi connectivity index (χ3n) is 3.46. The van der Waals surface area contributed by atoms with E-state index in [1.807, 2.05) is 27.7 Å². The first kappa shape index (κ1) is 17.3. The van der Waals surface area contributed by atoms with Crippen LogP contribution in [0.5, 0.6) is 5.75 Å². The summed E-state index contributed by atoms with van der Waals surface area (Å²) in [4.78, 5) is 4.07. The van der Waals surface area contributed by atoms with Gasteiger partial charge in [0.1, 0.15) is 10.6 Å². The van der Waals surface area contributed by atoms with E-state index in [1.54, 1.807) is 30.5 Å². The van der Waals surface area contributed by atoms with Crippen LogP contribution in [0.25, 0.3) is 0 Å². The summed E-state index contributed by atoms with van der Waals surface area (Å²) in [5, 5.41) is 0. The molecule has 0 aliphatic rings. The summed E-state index contributed by atoms with van der Waals surface area (Å²) >= 11 is 0. The average Bonchev–Trinajstić information content (AvgIpc) is 2.47. The van der Waals surface area contributed by atoms with Crippen molar-refractivity contribution >= 4 is 15.7 Å². The van der Waals surface area contributed by atoms with E-state index in [9.17, 15) is 8.42 Å². The van der Waals surface area contributed by atoms with Crippen LogP contribution in [0.15, 0.2) is 41.6 Å². The summed E-state index contributed by atoms with van der Waals surface area (Å²) in [5.41, 5.74) is 2.42. The second-order valence-corrected chi connectivity index (χ2v) is 7.24. The van der Waals surface area contributed by atoms with Crippen LogP contribution >= 0.6 is 0 Å². The molecule has 23 heavy (non-hydrogen) atoms. The molecule has 0 amide bonds. The molecular formula is C17H22N2O3S. The van der Waals surface area contributed by atoms with E-state index in [0.717, 1.165) is 11.1 Å². The largest absolute Gasteiger partial charge is 0.492 e. The fourth-order valence-corrected chi connectivity index (χ4v) is 3.62. The monoisotopic (exact) mass is 334 g/mol. The van der Waals surface area contributed by atoms with E-state index >= 15 is 0 Å². The highest BCUT2D eigenvalue weighted by atomic mass is 32.2. The standard InChI is InChI=1S/C17H22N2O3S/c1-5-22-16-9-13(4)15(12(2)3)10-17(16)23(20,21)19-14-7-6-8-18-11-14/h6-12,19H,5H2,1-4H3. The number of nitrogens with one attached hydrogen (secondary N) is 1. The summed E-state index contributed by atoms with van der Waals surface area (Å²) in [6, 6.07) is 6.82. The Hall–Kier alpha value is -2.08. The molecule has 0 aliphatic carbocycles. The van der Waals surface area contributed by atoms with Crippen molar-refractivity contribution < 1.29 is 13.2 Å². The Labute approximate surface area is 137 Å². The van der Waals surface area contributed by atoms with Crippen LogP contribution in [0.2, 0.25) is 0 Å². The van der Waals surface area contributed by atoms with Crippen molar-refractivity contribution in [3.8, 4) is 5.75 Å². The van der Waals surface area contributed by atoms with Crippen molar-refractivity contribution in [3.63, 3.8) is 0 Å². The number of aryl methyl sites for hydroxylation is 1. The Kier molecular flexibility index (Phi) is 5.26. The summed E-state index contributed by atoms with van der Waals surface area (Å²) in [6.07, 6.45) is 3.06. The van der Waals surface area contributed by atoms with Crippen LogP contribution < -0.4 is 9.46 Å². The first-order chi connectivity index (χ1) is 10.8. The van der Waals surface area contributed by atoms with Crippen molar-refractivity contribution in [1.82, 2.24) is 4.98 Å². The molecule has 0 radical (unpaired) electrons. The summed E-state index contributed by atoms with van der Waals surface area (Å²) < 4.78 is 33.6. The summed E-state index contributed by atoms with van der Waals surface area (Å²) in [6.45, 7) is 8.26. The van der Waals surface area contributed by atoms with Crippen molar-refractivity contribution in [2.24, 2.45) is 0 Å². The first-order valence-electron chi connectivity index (χ1n) is 7.55. The molecule has 0 atom stereocenters. The maximum atomic E-state index is 12.8. The van der Waals surface area contributed by atoms with Gasteiger partial charge in [-0.3, -0.25) is 9.71 Å². The number of ether oxygens (including phenoxy) is 1. The van der Waals surface area contributed by atoms with Crippen LogP contribution in [0.4, 0.5) is 5.69 Å². The second-order valence-electron chi connectivity index (χ2n) is 5.59. The van der Waals surface area contributed by atoms with E-state index in [2.05, 4.69) is 9.71 Å². The molecule has 0 saturated heterocycles. The molecule has 2 rings (SSSR count). The number of anilines is 1. The van der Waals surface area contributed by atoms with Crippen molar-refractivity contribution in [2.45, 2.75) is 38.5 Å². The summed E-state index contributed by atoms with van der Waals surface area (Å²) in [5.74, 6) is 0.587. The predicted octanol–water partition coefficient (Wildman–Crippen LogP) is 3.71. The lowest BCUT2D eigenvalue weighted by molar-refractivity contribution is 0.330. The Balaban J connectivity index is 2.52. The van der Waals surface area contributed by atoms with Crippen molar-refractivity contribution in [1.29, 1.82) is 0 Å². The zero-order chi connectivity index (χ0) is 17.0. The smallest absolute Gasteiger partial charge is 0.265 e. The van der Waals surface area contributed by atoms with Crippen molar-refractivity contribution in [3.05, 3.63) is 47.8 Å². The van der Waals surface area contributed by atoms with Gasteiger partial charge in [-0.2, -0.15) is 0 Å². The fraction of sp³-hybridized carbons (Fsp3) is 0.353. The second kappa shape index (κ2) is 7.00. The number of hydrogen-bond acceptors (Lipinski definition) is 4. The lowest BCUT2D eigenvalue weighted by atomic mass is 9.98. The number of rotatable bonds is 6. The number of nitrogens with zero attached hydrogens (tertiary/aromatic N) is 1. The van der Waals surface area contributed by atoms with Gasteiger partial charge in [-0.05, 0) is 55.2 Å². The molecule has 6 heteroatoms. The molecule has 0 aliphatic heterocycles.